The van der Waals surface area contributed by atoms with Gasteiger partial charge < -0.3 is 10.3 Å². The van der Waals surface area contributed by atoms with Gasteiger partial charge in [-0.15, -0.1) is 0 Å². The molecule has 3 heterocycles. The molecule has 3 aromatic rings. The number of aryl methyl sites for hydroxylation is 1. The van der Waals surface area contributed by atoms with Gasteiger partial charge in [0.2, 0.25) is 0 Å². The maximum Gasteiger partial charge on any atom is 0.160 e. The van der Waals surface area contributed by atoms with Crippen molar-refractivity contribution in [2.45, 2.75) is 20.4 Å². The van der Waals surface area contributed by atoms with Crippen molar-refractivity contribution in [2.75, 3.05) is 0 Å². The minimum atomic E-state index is 0.0610. The zero-order chi connectivity index (χ0) is 15.7. The number of hydrogen-bond donors (Lipinski definition) is 1. The van der Waals surface area contributed by atoms with Crippen molar-refractivity contribution < 1.29 is 0 Å². The Labute approximate surface area is 134 Å². The van der Waals surface area contributed by atoms with E-state index in [-0.39, 0.29) is 5.92 Å². The van der Waals surface area contributed by atoms with E-state index in [1.807, 2.05) is 38.2 Å². The van der Waals surface area contributed by atoms with Crippen LogP contribution < -0.4 is 5.73 Å². The average Bonchev–Trinajstić information content (AvgIpc) is 2.85. The van der Waals surface area contributed by atoms with Gasteiger partial charge in [0.1, 0.15) is 11.3 Å². The summed E-state index contributed by atoms with van der Waals surface area (Å²) in [6.45, 7) is 4.66. The highest BCUT2D eigenvalue weighted by Gasteiger charge is 2.17. The fourth-order valence-electron chi connectivity index (χ4n) is 2.36. The van der Waals surface area contributed by atoms with Gasteiger partial charge in [-0.1, -0.05) is 19.1 Å². The lowest BCUT2D eigenvalue weighted by Crippen LogP contribution is -2.23. The minimum Gasteiger partial charge on any atom is -0.393 e. The molecule has 0 aliphatic heterocycles. The summed E-state index contributed by atoms with van der Waals surface area (Å²) in [6.07, 6.45) is 5.39. The molecule has 0 amide bonds. The number of hydrogen-bond acceptors (Lipinski definition) is 4. The zero-order valence-corrected chi connectivity index (χ0v) is 13.3. The van der Waals surface area contributed by atoms with Crippen molar-refractivity contribution in [1.29, 1.82) is 0 Å². The van der Waals surface area contributed by atoms with E-state index >= 15 is 0 Å². The highest BCUT2D eigenvalue weighted by Crippen LogP contribution is 2.24. The molecule has 3 rings (SSSR count). The predicted molar refractivity (Wildman–Crippen MR) is 91.4 cm³/mol. The number of thiocarbonyl (C=S) groups is 1. The molecular weight excluding hydrogens is 294 g/mol. The largest absolute Gasteiger partial charge is 0.393 e. The third-order valence-corrected chi connectivity index (χ3v) is 3.99. The topological polar surface area (TPSA) is 69.6 Å². The van der Waals surface area contributed by atoms with Gasteiger partial charge in [-0.3, -0.25) is 4.98 Å². The fraction of sp³-hybridized carbons (Fsp3) is 0.250. The van der Waals surface area contributed by atoms with Crippen LogP contribution in [0.2, 0.25) is 0 Å². The Balaban J connectivity index is 2.19. The summed E-state index contributed by atoms with van der Waals surface area (Å²) >= 11 is 5.11. The summed E-state index contributed by atoms with van der Waals surface area (Å²) in [4.78, 5) is 13.9. The number of aromatic nitrogens is 4. The predicted octanol–water partition coefficient (Wildman–Crippen LogP) is 2.72. The Bertz CT molecular complexity index is 825. The van der Waals surface area contributed by atoms with Gasteiger partial charge in [-0.25, -0.2) is 9.97 Å². The smallest absolute Gasteiger partial charge is 0.160 e. The molecule has 2 N–H and O–H groups in total. The van der Waals surface area contributed by atoms with Crippen molar-refractivity contribution in [2.24, 2.45) is 11.7 Å². The molecule has 0 aliphatic carbocycles. The summed E-state index contributed by atoms with van der Waals surface area (Å²) in [7, 11) is 0. The van der Waals surface area contributed by atoms with Crippen LogP contribution in [-0.2, 0) is 6.54 Å². The Morgan fingerprint density at radius 3 is 2.91 bits per heavy atom. The van der Waals surface area contributed by atoms with E-state index in [2.05, 4.69) is 14.5 Å². The normalized spacial score (nSPS) is 12.5. The Morgan fingerprint density at radius 2 is 2.23 bits per heavy atom. The molecule has 0 saturated carbocycles. The first-order valence-corrected chi connectivity index (χ1v) is 7.49. The average molecular weight is 311 g/mol. The first kappa shape index (κ1) is 14.6. The van der Waals surface area contributed by atoms with Crippen LogP contribution in [0, 0.1) is 12.8 Å². The molecule has 0 fully saturated rings. The molecule has 22 heavy (non-hydrogen) atoms. The van der Waals surface area contributed by atoms with E-state index in [0.29, 0.717) is 11.5 Å². The van der Waals surface area contributed by atoms with Crippen LogP contribution in [0.5, 0.6) is 0 Å². The molecule has 0 aliphatic rings. The van der Waals surface area contributed by atoms with Crippen LogP contribution in [0.25, 0.3) is 22.6 Å². The highest BCUT2D eigenvalue weighted by molar-refractivity contribution is 7.80. The van der Waals surface area contributed by atoms with Gasteiger partial charge in [-0.05, 0) is 30.7 Å². The number of fused-ring (bicyclic) bond motifs is 1. The van der Waals surface area contributed by atoms with Crippen LogP contribution in [-0.4, -0.2) is 24.5 Å². The second kappa shape index (κ2) is 5.81. The van der Waals surface area contributed by atoms with E-state index in [1.165, 1.54) is 0 Å². The molecule has 112 valence electrons. The second-order valence-corrected chi connectivity index (χ2v) is 5.92. The van der Waals surface area contributed by atoms with Gasteiger partial charge >= 0.3 is 0 Å². The Morgan fingerprint density at radius 1 is 1.41 bits per heavy atom. The Hall–Kier alpha value is -2.34. The van der Waals surface area contributed by atoms with Crippen LogP contribution in [0.3, 0.4) is 0 Å². The fourth-order valence-corrected chi connectivity index (χ4v) is 2.44. The summed E-state index contributed by atoms with van der Waals surface area (Å²) in [5.74, 6) is 0.898. The molecule has 0 spiro atoms. The number of pyridine rings is 2. The number of nitrogens with two attached hydrogens (primary N) is 1. The first-order chi connectivity index (χ1) is 10.6. The molecule has 1 atom stereocenters. The van der Waals surface area contributed by atoms with Crippen molar-refractivity contribution in [3.05, 3.63) is 42.4 Å². The minimum absolute atomic E-state index is 0.0610. The third kappa shape index (κ3) is 2.69. The van der Waals surface area contributed by atoms with Crippen LogP contribution in [0.1, 0.15) is 12.5 Å². The lowest BCUT2D eigenvalue weighted by molar-refractivity contribution is 0.614. The SMILES string of the molecule is Cc1cnc2c(c1)nc(-c1cccnc1)n2CC(C)C(N)=S. The van der Waals surface area contributed by atoms with Gasteiger partial charge in [0.15, 0.2) is 5.65 Å². The lowest BCUT2D eigenvalue weighted by atomic mass is 10.1. The van der Waals surface area contributed by atoms with E-state index in [4.69, 9.17) is 22.9 Å². The number of imidazole rings is 1. The molecule has 0 radical (unpaired) electrons. The molecule has 6 heteroatoms. The van der Waals surface area contributed by atoms with E-state index in [9.17, 15) is 0 Å². The molecule has 0 aromatic carbocycles. The maximum atomic E-state index is 5.77. The molecule has 3 aromatic heterocycles. The van der Waals surface area contributed by atoms with Crippen molar-refractivity contribution in [1.82, 2.24) is 19.5 Å². The van der Waals surface area contributed by atoms with Crippen molar-refractivity contribution in [3.63, 3.8) is 0 Å². The maximum absolute atomic E-state index is 5.77. The molecule has 5 nitrogen and oxygen atoms in total. The van der Waals surface area contributed by atoms with E-state index in [0.717, 1.165) is 28.1 Å². The quantitative estimate of drug-likeness (QED) is 0.750. The third-order valence-electron chi connectivity index (χ3n) is 3.58. The zero-order valence-electron chi connectivity index (χ0n) is 12.5. The Kier molecular flexibility index (Phi) is 3.85. The molecule has 0 bridgehead atoms. The number of nitrogens with zero attached hydrogens (tertiary/aromatic N) is 4. The highest BCUT2D eigenvalue weighted by atomic mass is 32.1. The van der Waals surface area contributed by atoms with Gasteiger partial charge in [-0.2, -0.15) is 0 Å². The van der Waals surface area contributed by atoms with Crippen LogP contribution in [0.4, 0.5) is 0 Å². The van der Waals surface area contributed by atoms with Gasteiger partial charge in [0.25, 0.3) is 0 Å². The standard InChI is InChI=1S/C16H17N5S/c1-10-6-13-16(19-7-10)21(9-11(2)14(17)22)15(20-13)12-4-3-5-18-8-12/h3-8,11H,9H2,1-2H3,(H2,17,22). The second-order valence-electron chi connectivity index (χ2n) is 5.45. The monoisotopic (exact) mass is 311 g/mol. The molecule has 1 unspecified atom stereocenters. The van der Waals surface area contributed by atoms with Gasteiger partial charge in [0.05, 0.1) is 4.99 Å². The van der Waals surface area contributed by atoms with E-state index in [1.54, 1.807) is 12.4 Å². The van der Waals surface area contributed by atoms with Gasteiger partial charge in [0, 0.05) is 36.6 Å². The summed E-state index contributed by atoms with van der Waals surface area (Å²) in [6, 6.07) is 5.92. The summed E-state index contributed by atoms with van der Waals surface area (Å²) in [5.41, 5.74) is 9.52. The van der Waals surface area contributed by atoms with E-state index < -0.39 is 0 Å². The van der Waals surface area contributed by atoms with Crippen LogP contribution >= 0.6 is 12.2 Å². The van der Waals surface area contributed by atoms with Crippen molar-refractivity contribution in [3.8, 4) is 11.4 Å². The lowest BCUT2D eigenvalue weighted by Gasteiger charge is -2.13. The first-order valence-electron chi connectivity index (χ1n) is 7.09. The molecular formula is C16H17N5S. The summed E-state index contributed by atoms with van der Waals surface area (Å²) in [5, 5.41) is 0. The van der Waals surface area contributed by atoms with Crippen LogP contribution in [0.15, 0.2) is 36.8 Å². The number of rotatable bonds is 4. The summed E-state index contributed by atoms with van der Waals surface area (Å²) < 4.78 is 2.07. The van der Waals surface area contributed by atoms with Crippen molar-refractivity contribution >= 4 is 28.4 Å². The molecule has 0 saturated heterocycles.